The van der Waals surface area contributed by atoms with Crippen LogP contribution in [0.2, 0.25) is 5.15 Å². The van der Waals surface area contributed by atoms with Gasteiger partial charge in [-0.1, -0.05) is 95.1 Å². The van der Waals surface area contributed by atoms with Crippen LogP contribution in [0.4, 0.5) is 0 Å². The first kappa shape index (κ1) is 26.0. The van der Waals surface area contributed by atoms with E-state index in [-0.39, 0.29) is 0 Å². The summed E-state index contributed by atoms with van der Waals surface area (Å²) in [7, 11) is 0. The fourth-order valence-corrected chi connectivity index (χ4v) is 5.93. The molecule has 0 saturated carbocycles. The fraction of sp³-hybridized carbons (Fsp3) is 0.516. The van der Waals surface area contributed by atoms with Gasteiger partial charge in [-0.05, 0) is 60.3 Å². The van der Waals surface area contributed by atoms with Gasteiger partial charge in [-0.15, -0.1) is 0 Å². The van der Waals surface area contributed by atoms with Crippen LogP contribution in [-0.4, -0.2) is 21.0 Å². The largest absolute Gasteiger partial charge is 0.325 e. The zero-order valence-corrected chi connectivity index (χ0v) is 23.0. The molecular formula is C31H42ClN3. The summed E-state index contributed by atoms with van der Waals surface area (Å²) in [4.78, 5) is 7.71. The molecule has 188 valence electrons. The highest BCUT2D eigenvalue weighted by Crippen LogP contribution is 2.38. The second-order valence-electron chi connectivity index (χ2n) is 10.4. The number of nitrogens with zero attached hydrogens (tertiary/aromatic N) is 3. The maximum absolute atomic E-state index is 6.98. The van der Waals surface area contributed by atoms with Crippen molar-refractivity contribution >= 4 is 11.6 Å². The van der Waals surface area contributed by atoms with Gasteiger partial charge >= 0.3 is 0 Å². The lowest BCUT2D eigenvalue weighted by Gasteiger charge is -2.38. The van der Waals surface area contributed by atoms with Gasteiger partial charge in [0.05, 0.1) is 5.69 Å². The van der Waals surface area contributed by atoms with Crippen molar-refractivity contribution in [1.82, 2.24) is 14.5 Å². The molecule has 3 aromatic rings. The maximum atomic E-state index is 6.98. The highest BCUT2D eigenvalue weighted by Gasteiger charge is 2.30. The molecule has 3 nitrogen and oxygen atoms in total. The third-order valence-corrected chi connectivity index (χ3v) is 7.85. The molecule has 2 heterocycles. The van der Waals surface area contributed by atoms with E-state index in [1.165, 1.54) is 33.5 Å². The Labute approximate surface area is 217 Å². The summed E-state index contributed by atoms with van der Waals surface area (Å²) in [5.74, 6) is 1.69. The molecule has 2 aromatic carbocycles. The highest BCUT2D eigenvalue weighted by molar-refractivity contribution is 6.30. The van der Waals surface area contributed by atoms with E-state index < -0.39 is 0 Å². The van der Waals surface area contributed by atoms with Crippen LogP contribution in [0, 0.1) is 5.92 Å². The van der Waals surface area contributed by atoms with Crippen molar-refractivity contribution in [2.45, 2.75) is 92.3 Å². The molecule has 0 spiro atoms. The molecule has 1 aliphatic heterocycles. The van der Waals surface area contributed by atoms with Gasteiger partial charge < -0.3 is 4.57 Å². The van der Waals surface area contributed by atoms with Gasteiger partial charge in [0.2, 0.25) is 0 Å². The predicted molar refractivity (Wildman–Crippen MR) is 149 cm³/mol. The van der Waals surface area contributed by atoms with E-state index in [1.54, 1.807) is 0 Å². The van der Waals surface area contributed by atoms with Gasteiger partial charge in [-0.3, -0.25) is 4.90 Å². The number of imidazole rings is 1. The minimum Gasteiger partial charge on any atom is -0.325 e. The molecule has 0 radical (unpaired) electrons. The first-order valence-corrected chi connectivity index (χ1v) is 14.0. The molecule has 4 rings (SSSR count). The molecule has 0 bridgehead atoms. The van der Waals surface area contributed by atoms with E-state index in [1.807, 2.05) is 0 Å². The Hall–Kier alpha value is -2.10. The van der Waals surface area contributed by atoms with E-state index in [0.717, 1.165) is 64.0 Å². The molecule has 0 amide bonds. The van der Waals surface area contributed by atoms with Crippen LogP contribution in [0.5, 0.6) is 0 Å². The SMILES string of the molecule is CCCCn1c(-c2c(CC)cccc2CC)nc(Cl)c1CN1CCc2ccccc2C1CC(C)C. The summed E-state index contributed by atoms with van der Waals surface area (Å²) >= 11 is 6.98. The topological polar surface area (TPSA) is 21.1 Å². The molecule has 0 fully saturated rings. The minimum atomic E-state index is 0.420. The number of hydrogen-bond donors (Lipinski definition) is 0. The highest BCUT2D eigenvalue weighted by atomic mass is 35.5. The van der Waals surface area contributed by atoms with Crippen molar-refractivity contribution in [3.63, 3.8) is 0 Å². The van der Waals surface area contributed by atoms with E-state index >= 15 is 0 Å². The first-order chi connectivity index (χ1) is 17.0. The Balaban J connectivity index is 1.78. The van der Waals surface area contributed by atoms with Crippen LogP contribution < -0.4 is 0 Å². The third-order valence-electron chi connectivity index (χ3n) is 7.55. The monoisotopic (exact) mass is 491 g/mol. The molecule has 0 saturated heterocycles. The van der Waals surface area contributed by atoms with Crippen LogP contribution in [0.3, 0.4) is 0 Å². The molecular weight excluding hydrogens is 450 g/mol. The Morgan fingerprint density at radius 3 is 2.37 bits per heavy atom. The van der Waals surface area contributed by atoms with E-state index in [4.69, 9.17) is 16.6 Å². The number of aromatic nitrogens is 2. The van der Waals surface area contributed by atoms with Gasteiger partial charge in [-0.2, -0.15) is 0 Å². The summed E-state index contributed by atoms with van der Waals surface area (Å²) < 4.78 is 2.45. The molecule has 0 aliphatic carbocycles. The van der Waals surface area contributed by atoms with E-state index in [9.17, 15) is 0 Å². The Morgan fingerprint density at radius 2 is 1.71 bits per heavy atom. The lowest BCUT2D eigenvalue weighted by atomic mass is 9.87. The fourth-order valence-electron chi connectivity index (χ4n) is 5.69. The average molecular weight is 492 g/mol. The van der Waals surface area contributed by atoms with Gasteiger partial charge in [0.15, 0.2) is 5.15 Å². The summed E-state index contributed by atoms with van der Waals surface area (Å²) in [5, 5.41) is 0.672. The van der Waals surface area contributed by atoms with Gasteiger partial charge in [0.25, 0.3) is 0 Å². The van der Waals surface area contributed by atoms with Crippen LogP contribution in [0.1, 0.15) is 87.9 Å². The van der Waals surface area contributed by atoms with Gasteiger partial charge in [-0.25, -0.2) is 4.98 Å². The number of aryl methyl sites for hydroxylation is 2. The number of halogens is 1. The summed E-state index contributed by atoms with van der Waals surface area (Å²) in [6.45, 7) is 14.3. The predicted octanol–water partition coefficient (Wildman–Crippen LogP) is 8.27. The average Bonchev–Trinajstić information content (AvgIpc) is 3.17. The summed E-state index contributed by atoms with van der Waals surface area (Å²) in [5.41, 5.74) is 8.19. The molecule has 1 unspecified atom stereocenters. The first-order valence-electron chi connectivity index (χ1n) is 13.7. The van der Waals surface area contributed by atoms with E-state index in [2.05, 4.69) is 86.6 Å². The van der Waals surface area contributed by atoms with E-state index in [0.29, 0.717) is 17.1 Å². The number of unbranched alkanes of at least 4 members (excludes halogenated alkanes) is 1. The van der Waals surface area contributed by atoms with Crippen molar-refractivity contribution in [2.75, 3.05) is 6.54 Å². The zero-order valence-electron chi connectivity index (χ0n) is 22.3. The van der Waals surface area contributed by atoms with Crippen molar-refractivity contribution in [2.24, 2.45) is 5.92 Å². The molecule has 1 aliphatic rings. The van der Waals surface area contributed by atoms with Crippen LogP contribution in [0.15, 0.2) is 42.5 Å². The minimum absolute atomic E-state index is 0.420. The number of hydrogen-bond acceptors (Lipinski definition) is 2. The Kier molecular flexibility index (Phi) is 8.73. The maximum Gasteiger partial charge on any atom is 0.152 e. The summed E-state index contributed by atoms with van der Waals surface area (Å²) in [6.07, 6.45) is 6.52. The van der Waals surface area contributed by atoms with Crippen LogP contribution in [-0.2, 0) is 32.4 Å². The normalized spacial score (nSPS) is 16.1. The third kappa shape index (κ3) is 5.52. The number of fused-ring (bicyclic) bond motifs is 1. The number of rotatable bonds is 10. The van der Waals surface area contributed by atoms with Crippen LogP contribution in [0.25, 0.3) is 11.4 Å². The van der Waals surface area contributed by atoms with Crippen LogP contribution >= 0.6 is 11.6 Å². The summed E-state index contributed by atoms with van der Waals surface area (Å²) in [6, 6.07) is 16.1. The van der Waals surface area contributed by atoms with Crippen molar-refractivity contribution < 1.29 is 0 Å². The molecule has 1 atom stereocenters. The zero-order chi connectivity index (χ0) is 24.9. The quantitative estimate of drug-likeness (QED) is 0.284. The Bertz CT molecular complexity index is 1110. The van der Waals surface area contributed by atoms with Crippen molar-refractivity contribution in [3.05, 3.63) is 75.6 Å². The molecule has 4 heteroatoms. The smallest absolute Gasteiger partial charge is 0.152 e. The number of benzene rings is 2. The van der Waals surface area contributed by atoms with Gasteiger partial charge in [0, 0.05) is 31.2 Å². The molecule has 0 N–H and O–H groups in total. The van der Waals surface area contributed by atoms with Gasteiger partial charge in [0.1, 0.15) is 5.82 Å². The molecule has 35 heavy (non-hydrogen) atoms. The second-order valence-corrected chi connectivity index (χ2v) is 10.8. The standard InChI is InChI=1S/C31H42ClN3/c1-6-9-18-35-28(30(32)33-31(35)29-23(7-2)14-12-15-24(29)8-3)21-34-19-17-25-13-10-11-16-26(25)27(34)20-22(4)5/h10-16,22,27H,6-9,17-21H2,1-5H3. The van der Waals surface area contributed by atoms with Crippen molar-refractivity contribution in [3.8, 4) is 11.4 Å². The lowest BCUT2D eigenvalue weighted by Crippen LogP contribution is -2.36. The van der Waals surface area contributed by atoms with Crippen molar-refractivity contribution in [1.29, 1.82) is 0 Å². The molecule has 1 aromatic heterocycles. The lowest BCUT2D eigenvalue weighted by molar-refractivity contribution is 0.150. The Morgan fingerprint density at radius 1 is 1.00 bits per heavy atom. The second kappa shape index (κ2) is 11.8.